The lowest BCUT2D eigenvalue weighted by Gasteiger charge is -2.37. The molecule has 0 aliphatic carbocycles. The molecule has 7 nitrogen and oxygen atoms in total. The lowest BCUT2D eigenvalue weighted by molar-refractivity contribution is -0.183. The number of carbonyl (C=O) groups excluding carboxylic acids is 2. The fourth-order valence-corrected chi connectivity index (χ4v) is 3.68. The Kier molecular flexibility index (Phi) is 5.97. The van der Waals surface area contributed by atoms with E-state index in [1.807, 2.05) is 0 Å². The van der Waals surface area contributed by atoms with Gasteiger partial charge in [-0.2, -0.15) is 5.06 Å². The van der Waals surface area contributed by atoms with Crippen molar-refractivity contribution in [2.75, 3.05) is 26.8 Å². The van der Waals surface area contributed by atoms with E-state index >= 15 is 0 Å². The van der Waals surface area contributed by atoms with Crippen molar-refractivity contribution in [1.82, 2.24) is 5.06 Å². The van der Waals surface area contributed by atoms with Gasteiger partial charge in [0.15, 0.2) is 11.4 Å². The fourth-order valence-electron chi connectivity index (χ4n) is 3.43. The molecule has 0 unspecified atom stereocenters. The Morgan fingerprint density at radius 2 is 2.07 bits per heavy atom. The molecule has 150 valence electrons. The molecule has 0 aromatic heterocycles. The van der Waals surface area contributed by atoms with E-state index in [1.54, 1.807) is 19.8 Å². The first-order valence-electron chi connectivity index (χ1n) is 8.89. The number of piperidine rings is 1. The average molecular weight is 412 g/mol. The van der Waals surface area contributed by atoms with Gasteiger partial charge >= 0.3 is 12.1 Å². The van der Waals surface area contributed by atoms with Crippen LogP contribution in [0.15, 0.2) is 17.9 Å². The van der Waals surface area contributed by atoms with E-state index in [0.29, 0.717) is 31.4 Å². The summed E-state index contributed by atoms with van der Waals surface area (Å²) in [6, 6.07) is 2.71. The van der Waals surface area contributed by atoms with Gasteiger partial charge in [0.2, 0.25) is 0 Å². The maximum absolute atomic E-state index is 14.7. The number of esters is 1. The number of carbonyl (C=O) groups is 2. The molecule has 1 spiro atoms. The second-order valence-electron chi connectivity index (χ2n) is 6.54. The standard InChI is InChI=1S/C18H20BClFNO6/c1-3-26-17(24)27-15-13(12-11(21)5-4-10(19)14(12)20)16(23)28-18(15)6-8-22(25-2)9-7-18/h4-5H,3,6-9,19H2,1-2H3. The Labute approximate surface area is 167 Å². The van der Waals surface area contributed by atoms with Crippen LogP contribution >= 0.6 is 11.6 Å². The van der Waals surface area contributed by atoms with Crippen molar-refractivity contribution in [3.63, 3.8) is 0 Å². The molecule has 2 aliphatic rings. The van der Waals surface area contributed by atoms with Crippen LogP contribution in [-0.4, -0.2) is 57.4 Å². The molecule has 2 heterocycles. The van der Waals surface area contributed by atoms with E-state index in [-0.39, 0.29) is 28.5 Å². The van der Waals surface area contributed by atoms with E-state index < -0.39 is 23.5 Å². The van der Waals surface area contributed by atoms with Gasteiger partial charge in [-0.15, -0.1) is 0 Å². The zero-order chi connectivity index (χ0) is 20.5. The summed E-state index contributed by atoms with van der Waals surface area (Å²) in [5.74, 6) is -1.58. The number of hydroxylamine groups is 2. The van der Waals surface area contributed by atoms with Gasteiger partial charge in [-0.05, 0) is 13.0 Å². The van der Waals surface area contributed by atoms with Gasteiger partial charge in [0.05, 0.1) is 13.7 Å². The molecule has 0 bridgehead atoms. The van der Waals surface area contributed by atoms with Gasteiger partial charge < -0.3 is 19.0 Å². The Bertz CT molecular complexity index is 838. The second-order valence-corrected chi connectivity index (χ2v) is 6.92. The van der Waals surface area contributed by atoms with Gasteiger partial charge in [-0.1, -0.05) is 23.1 Å². The summed E-state index contributed by atoms with van der Waals surface area (Å²) >= 11 is 6.30. The summed E-state index contributed by atoms with van der Waals surface area (Å²) in [6.07, 6.45) is -0.391. The Morgan fingerprint density at radius 3 is 2.68 bits per heavy atom. The van der Waals surface area contributed by atoms with E-state index in [1.165, 1.54) is 19.2 Å². The lowest BCUT2D eigenvalue weighted by atomic mass is 9.86. The van der Waals surface area contributed by atoms with E-state index in [0.717, 1.165) is 0 Å². The number of nitrogens with zero attached hydrogens (tertiary/aromatic N) is 1. The molecule has 3 rings (SSSR count). The molecule has 28 heavy (non-hydrogen) atoms. The first-order valence-corrected chi connectivity index (χ1v) is 9.27. The summed E-state index contributed by atoms with van der Waals surface area (Å²) in [6.45, 7) is 2.56. The van der Waals surface area contributed by atoms with Gasteiger partial charge in [0.25, 0.3) is 0 Å². The highest BCUT2D eigenvalue weighted by Crippen LogP contribution is 2.46. The quantitative estimate of drug-likeness (QED) is 0.550. The van der Waals surface area contributed by atoms with E-state index in [4.69, 9.17) is 30.6 Å². The number of hydrogen-bond donors (Lipinski definition) is 0. The van der Waals surface area contributed by atoms with Gasteiger partial charge in [0, 0.05) is 36.5 Å². The smallest absolute Gasteiger partial charge is 0.447 e. The van der Waals surface area contributed by atoms with Crippen LogP contribution < -0.4 is 5.46 Å². The van der Waals surface area contributed by atoms with Crippen molar-refractivity contribution in [2.45, 2.75) is 25.4 Å². The van der Waals surface area contributed by atoms with Crippen molar-refractivity contribution in [1.29, 1.82) is 0 Å². The molecule has 1 saturated heterocycles. The number of ether oxygens (including phenoxy) is 3. The molecule has 1 aromatic rings. The van der Waals surface area contributed by atoms with E-state index in [9.17, 15) is 14.0 Å². The summed E-state index contributed by atoms with van der Waals surface area (Å²) in [5, 5.41) is 1.75. The van der Waals surface area contributed by atoms with Crippen LogP contribution in [0.25, 0.3) is 5.57 Å². The summed E-state index contributed by atoms with van der Waals surface area (Å²) in [4.78, 5) is 30.0. The van der Waals surface area contributed by atoms with Crippen molar-refractivity contribution < 1.29 is 33.0 Å². The van der Waals surface area contributed by atoms with Crippen LogP contribution in [0, 0.1) is 5.82 Å². The molecular formula is C18H20BClFNO6. The maximum Gasteiger partial charge on any atom is 0.513 e. The lowest BCUT2D eigenvalue weighted by Crippen LogP contribution is -2.46. The van der Waals surface area contributed by atoms with Crippen LogP contribution in [0.4, 0.5) is 9.18 Å². The summed E-state index contributed by atoms with van der Waals surface area (Å²) < 4.78 is 30.5. The van der Waals surface area contributed by atoms with Crippen LogP contribution in [0.1, 0.15) is 25.3 Å². The Morgan fingerprint density at radius 1 is 1.39 bits per heavy atom. The number of halogens is 2. The zero-order valence-corrected chi connectivity index (χ0v) is 16.6. The van der Waals surface area contributed by atoms with Crippen molar-refractivity contribution in [2.24, 2.45) is 0 Å². The molecule has 0 amide bonds. The molecule has 0 N–H and O–H groups in total. The number of rotatable bonds is 4. The summed E-state index contributed by atoms with van der Waals surface area (Å²) in [5.41, 5.74) is -0.973. The fraction of sp³-hybridized carbons (Fsp3) is 0.444. The second kappa shape index (κ2) is 8.10. The molecule has 0 saturated carbocycles. The van der Waals surface area contributed by atoms with Crippen LogP contribution in [0.5, 0.6) is 0 Å². The zero-order valence-electron chi connectivity index (χ0n) is 15.8. The monoisotopic (exact) mass is 411 g/mol. The average Bonchev–Trinajstić information content (AvgIpc) is 2.91. The highest BCUT2D eigenvalue weighted by Gasteiger charge is 2.53. The van der Waals surface area contributed by atoms with Crippen LogP contribution in [-0.2, 0) is 23.8 Å². The molecule has 1 fully saturated rings. The molecule has 10 heteroatoms. The maximum atomic E-state index is 14.7. The van der Waals surface area contributed by atoms with Crippen LogP contribution in [0.2, 0.25) is 5.02 Å². The SMILES string of the molecule is Bc1ccc(F)c(C2=C(OC(=O)OCC)C3(CCN(OC)CC3)OC2=O)c1Cl. The Hall–Kier alpha value is -2.10. The topological polar surface area (TPSA) is 74.3 Å². The predicted molar refractivity (Wildman–Crippen MR) is 101 cm³/mol. The van der Waals surface area contributed by atoms with Gasteiger partial charge in [0.1, 0.15) is 19.2 Å². The highest BCUT2D eigenvalue weighted by atomic mass is 35.5. The first-order chi connectivity index (χ1) is 13.3. The molecule has 2 aliphatic heterocycles. The minimum Gasteiger partial charge on any atom is -0.447 e. The van der Waals surface area contributed by atoms with Crippen LogP contribution in [0.3, 0.4) is 0 Å². The minimum absolute atomic E-state index is 0.0586. The van der Waals surface area contributed by atoms with Gasteiger partial charge in [-0.25, -0.2) is 14.0 Å². The third kappa shape index (κ3) is 3.61. The third-order valence-corrected chi connectivity index (χ3v) is 5.39. The van der Waals surface area contributed by atoms with Crippen molar-refractivity contribution >= 4 is 42.6 Å². The molecule has 1 aromatic carbocycles. The van der Waals surface area contributed by atoms with Gasteiger partial charge in [-0.3, -0.25) is 0 Å². The number of hydrogen-bond acceptors (Lipinski definition) is 7. The first kappa shape index (κ1) is 20.6. The molecule has 0 radical (unpaired) electrons. The van der Waals surface area contributed by atoms with E-state index in [2.05, 4.69) is 0 Å². The normalized spacial score (nSPS) is 19.1. The number of benzene rings is 1. The molecular weight excluding hydrogens is 391 g/mol. The van der Waals surface area contributed by atoms with Crippen molar-refractivity contribution in [3.05, 3.63) is 34.3 Å². The highest BCUT2D eigenvalue weighted by molar-refractivity contribution is 6.47. The largest absolute Gasteiger partial charge is 0.513 e. The van der Waals surface area contributed by atoms with Crippen molar-refractivity contribution in [3.8, 4) is 0 Å². The molecule has 0 atom stereocenters. The third-order valence-electron chi connectivity index (χ3n) is 4.90. The predicted octanol–water partition coefficient (Wildman–Crippen LogP) is 1.57. The summed E-state index contributed by atoms with van der Waals surface area (Å²) in [7, 11) is 3.22. The minimum atomic E-state index is -1.21. The Balaban J connectivity index is 2.14.